The molecule has 1 rings (SSSR count). The molecule has 0 saturated carbocycles. The van der Waals surface area contributed by atoms with Crippen LogP contribution >= 0.6 is 0 Å². The number of hydrogen-bond donors (Lipinski definition) is 1. The molecule has 0 unspecified atom stereocenters. The number of nitrogens with two attached hydrogens (primary N) is 1. The third-order valence-electron chi connectivity index (χ3n) is 2.39. The van der Waals surface area contributed by atoms with Gasteiger partial charge >= 0.3 is 18.5 Å². The molecule has 5 nitrogen and oxygen atoms in total. The molecule has 2 N–H and O–H groups in total. The van der Waals surface area contributed by atoms with Crippen molar-refractivity contribution in [3.8, 4) is 5.75 Å². The Bertz CT molecular complexity index is 556. The van der Waals surface area contributed by atoms with Crippen molar-refractivity contribution in [1.82, 2.24) is 4.98 Å². The van der Waals surface area contributed by atoms with Crippen LogP contribution in [0.2, 0.25) is 0 Å². The van der Waals surface area contributed by atoms with E-state index in [0.717, 1.165) is 7.11 Å². The zero-order valence-electron chi connectivity index (χ0n) is 11.0. The van der Waals surface area contributed by atoms with Gasteiger partial charge in [0.2, 0.25) is 0 Å². The van der Waals surface area contributed by atoms with Crippen LogP contribution in [0.3, 0.4) is 0 Å². The van der Waals surface area contributed by atoms with Crippen LogP contribution in [0.25, 0.3) is 0 Å². The van der Waals surface area contributed by atoms with Crippen LogP contribution in [0.1, 0.15) is 17.0 Å². The lowest BCUT2D eigenvalue weighted by Gasteiger charge is -2.18. The standard InChI is InChI=1S/C11H10F6N2O3/c1-21-8(20)3-6-7(22-11(15,16)17)2-5(4-18)19-9(6)10(12,13)14/h2H,3-4,18H2,1H3. The molecule has 0 aliphatic carbocycles. The Morgan fingerprint density at radius 2 is 1.86 bits per heavy atom. The van der Waals surface area contributed by atoms with E-state index >= 15 is 0 Å². The van der Waals surface area contributed by atoms with Gasteiger partial charge in [-0.1, -0.05) is 0 Å². The first kappa shape index (κ1) is 18.0. The zero-order chi connectivity index (χ0) is 17.1. The van der Waals surface area contributed by atoms with Gasteiger partial charge in [0.1, 0.15) is 5.75 Å². The van der Waals surface area contributed by atoms with E-state index in [9.17, 15) is 31.1 Å². The number of rotatable bonds is 4. The Balaban J connectivity index is 3.52. The van der Waals surface area contributed by atoms with E-state index in [4.69, 9.17) is 5.73 Å². The molecule has 0 fully saturated rings. The Morgan fingerprint density at radius 1 is 1.27 bits per heavy atom. The minimum Gasteiger partial charge on any atom is -0.469 e. The SMILES string of the molecule is COC(=O)Cc1c(OC(F)(F)F)cc(CN)nc1C(F)(F)F. The van der Waals surface area contributed by atoms with Crippen molar-refractivity contribution in [2.24, 2.45) is 5.73 Å². The van der Waals surface area contributed by atoms with Gasteiger partial charge in [-0.2, -0.15) is 13.2 Å². The summed E-state index contributed by atoms with van der Waals surface area (Å²) in [6.45, 7) is -0.546. The average molecular weight is 332 g/mol. The molecule has 124 valence electrons. The molecular weight excluding hydrogens is 322 g/mol. The summed E-state index contributed by atoms with van der Waals surface area (Å²) in [6, 6.07) is 0.598. The molecule has 0 aliphatic heterocycles. The second-order valence-electron chi connectivity index (χ2n) is 3.94. The molecule has 0 bridgehead atoms. The van der Waals surface area contributed by atoms with Gasteiger partial charge in [-0.05, 0) is 0 Å². The van der Waals surface area contributed by atoms with Gasteiger partial charge < -0.3 is 15.2 Å². The van der Waals surface area contributed by atoms with Crippen molar-refractivity contribution >= 4 is 5.97 Å². The number of esters is 1. The second kappa shape index (κ2) is 6.38. The summed E-state index contributed by atoms with van der Waals surface area (Å²) in [5, 5.41) is 0. The van der Waals surface area contributed by atoms with Gasteiger partial charge in [-0.15, -0.1) is 13.2 Å². The molecule has 0 atom stereocenters. The molecular formula is C11H10F6N2O3. The summed E-state index contributed by atoms with van der Waals surface area (Å²) >= 11 is 0. The van der Waals surface area contributed by atoms with Crippen LogP contribution in [0.4, 0.5) is 26.3 Å². The van der Waals surface area contributed by atoms with E-state index < -0.39 is 54.2 Å². The maximum absolute atomic E-state index is 12.9. The predicted molar refractivity (Wildman–Crippen MR) is 59.5 cm³/mol. The molecule has 22 heavy (non-hydrogen) atoms. The molecule has 1 aromatic rings. The Labute approximate surface area is 120 Å². The third kappa shape index (κ3) is 4.76. The maximum atomic E-state index is 12.9. The molecule has 0 saturated heterocycles. The van der Waals surface area contributed by atoms with Crippen molar-refractivity contribution in [3.63, 3.8) is 0 Å². The highest BCUT2D eigenvalue weighted by atomic mass is 19.4. The summed E-state index contributed by atoms with van der Waals surface area (Å²) in [4.78, 5) is 14.3. The normalized spacial score (nSPS) is 12.2. The molecule has 1 aromatic heterocycles. The van der Waals surface area contributed by atoms with Crippen molar-refractivity contribution in [3.05, 3.63) is 23.0 Å². The Morgan fingerprint density at radius 3 is 2.27 bits per heavy atom. The minimum absolute atomic E-state index is 0.472. The second-order valence-corrected chi connectivity index (χ2v) is 3.94. The molecule has 0 aromatic carbocycles. The van der Waals surface area contributed by atoms with Gasteiger partial charge in [-0.3, -0.25) is 4.79 Å². The van der Waals surface area contributed by atoms with Crippen molar-refractivity contribution in [2.75, 3.05) is 7.11 Å². The van der Waals surface area contributed by atoms with Crippen LogP contribution in [0.15, 0.2) is 6.07 Å². The Kier molecular flexibility index (Phi) is 5.22. The van der Waals surface area contributed by atoms with E-state index in [0.29, 0.717) is 6.07 Å². The minimum atomic E-state index is -5.25. The topological polar surface area (TPSA) is 74.4 Å². The average Bonchev–Trinajstić information content (AvgIpc) is 2.37. The first-order valence-electron chi connectivity index (χ1n) is 5.60. The number of ether oxygens (including phenoxy) is 2. The summed E-state index contributed by atoms with van der Waals surface area (Å²) in [5.41, 5.74) is 1.89. The van der Waals surface area contributed by atoms with Crippen molar-refractivity contribution in [1.29, 1.82) is 0 Å². The molecule has 11 heteroatoms. The molecule has 0 aliphatic rings. The summed E-state index contributed by atoms with van der Waals surface area (Å²) in [7, 11) is 0.877. The largest absolute Gasteiger partial charge is 0.573 e. The molecule has 0 spiro atoms. The fourth-order valence-electron chi connectivity index (χ4n) is 1.54. The van der Waals surface area contributed by atoms with E-state index in [1.807, 2.05) is 0 Å². The van der Waals surface area contributed by atoms with Crippen LogP contribution in [0, 0.1) is 0 Å². The first-order chi connectivity index (χ1) is 9.97. The van der Waals surface area contributed by atoms with Gasteiger partial charge in [-0.25, -0.2) is 4.98 Å². The smallest absolute Gasteiger partial charge is 0.469 e. The van der Waals surface area contributed by atoms with Crippen LogP contribution < -0.4 is 10.5 Å². The van der Waals surface area contributed by atoms with Crippen molar-refractivity contribution < 1.29 is 40.6 Å². The highest BCUT2D eigenvalue weighted by Gasteiger charge is 2.40. The highest BCUT2D eigenvalue weighted by molar-refractivity contribution is 5.74. The predicted octanol–water partition coefficient (Wildman–Crippen LogP) is 2.17. The molecule has 0 radical (unpaired) electrons. The van der Waals surface area contributed by atoms with Gasteiger partial charge in [0.05, 0.1) is 19.2 Å². The highest BCUT2D eigenvalue weighted by Crippen LogP contribution is 2.37. The number of carbonyl (C=O) groups is 1. The number of alkyl halides is 6. The summed E-state index contributed by atoms with van der Waals surface area (Å²) in [5.74, 6) is -2.37. The quantitative estimate of drug-likeness (QED) is 0.676. The van der Waals surface area contributed by atoms with Crippen molar-refractivity contribution in [2.45, 2.75) is 25.5 Å². The number of halogens is 6. The van der Waals surface area contributed by atoms with Gasteiger partial charge in [0.25, 0.3) is 0 Å². The lowest BCUT2D eigenvalue weighted by Crippen LogP contribution is -2.23. The van der Waals surface area contributed by atoms with E-state index in [1.165, 1.54) is 0 Å². The monoisotopic (exact) mass is 332 g/mol. The Hall–Kier alpha value is -2.04. The number of hydrogen-bond acceptors (Lipinski definition) is 5. The number of aromatic nitrogens is 1. The van der Waals surface area contributed by atoms with Crippen LogP contribution in [-0.2, 0) is 28.7 Å². The zero-order valence-corrected chi connectivity index (χ0v) is 11.0. The summed E-state index contributed by atoms with van der Waals surface area (Å²) in [6.07, 6.45) is -11.4. The lowest BCUT2D eigenvalue weighted by molar-refractivity contribution is -0.275. The number of methoxy groups -OCH3 is 1. The summed E-state index contributed by atoms with van der Waals surface area (Å²) < 4.78 is 83.5. The molecule has 1 heterocycles. The number of nitrogens with zero attached hydrogens (tertiary/aromatic N) is 1. The van der Waals surface area contributed by atoms with E-state index in [1.54, 1.807) is 0 Å². The van der Waals surface area contributed by atoms with Gasteiger partial charge in [0, 0.05) is 18.2 Å². The van der Waals surface area contributed by atoms with Crippen LogP contribution in [-0.4, -0.2) is 24.4 Å². The molecule has 0 amide bonds. The number of carbonyl (C=O) groups excluding carboxylic acids is 1. The number of pyridine rings is 1. The van der Waals surface area contributed by atoms with Crippen LogP contribution in [0.5, 0.6) is 5.75 Å². The third-order valence-corrected chi connectivity index (χ3v) is 2.39. The maximum Gasteiger partial charge on any atom is 0.573 e. The fraction of sp³-hybridized carbons (Fsp3) is 0.455. The first-order valence-corrected chi connectivity index (χ1v) is 5.60. The van der Waals surface area contributed by atoms with Gasteiger partial charge in [0.15, 0.2) is 5.69 Å². The van der Waals surface area contributed by atoms with E-state index in [-0.39, 0.29) is 0 Å². The van der Waals surface area contributed by atoms with E-state index in [2.05, 4.69) is 14.5 Å². The lowest BCUT2D eigenvalue weighted by atomic mass is 10.1. The fourth-order valence-corrected chi connectivity index (χ4v) is 1.54.